The lowest BCUT2D eigenvalue weighted by atomic mass is 10.1. The van der Waals surface area contributed by atoms with Gasteiger partial charge >= 0.3 is 0 Å². The molecule has 0 aromatic heterocycles. The normalized spacial score (nSPS) is 12.0. The molecule has 0 aliphatic rings. The Morgan fingerprint density at radius 3 is 2.38 bits per heavy atom. The Morgan fingerprint density at radius 1 is 1.00 bits per heavy atom. The number of rotatable bonds is 7. The molecule has 2 aromatic rings. The molecule has 1 unspecified atom stereocenters. The molecule has 0 bridgehead atoms. The summed E-state index contributed by atoms with van der Waals surface area (Å²) in [6.45, 7) is 5.32. The van der Waals surface area contributed by atoms with Crippen LogP contribution in [0, 0.1) is 6.92 Å². The van der Waals surface area contributed by atoms with Gasteiger partial charge in [0.2, 0.25) is 0 Å². The third-order valence-corrected chi connectivity index (χ3v) is 3.29. The highest BCUT2D eigenvalue weighted by atomic mass is 16.5. The van der Waals surface area contributed by atoms with Crippen LogP contribution in [-0.4, -0.2) is 13.2 Å². The van der Waals surface area contributed by atoms with Gasteiger partial charge in [0.1, 0.15) is 18.1 Å². The summed E-state index contributed by atoms with van der Waals surface area (Å²) in [6, 6.07) is 15.7. The Labute approximate surface area is 126 Å². The van der Waals surface area contributed by atoms with Crippen molar-refractivity contribution in [2.24, 2.45) is 5.73 Å². The summed E-state index contributed by atoms with van der Waals surface area (Å²) in [6.07, 6.45) is 1.01. The van der Waals surface area contributed by atoms with Crippen LogP contribution in [-0.2, 0) is 0 Å². The van der Waals surface area contributed by atoms with Crippen molar-refractivity contribution < 1.29 is 9.47 Å². The van der Waals surface area contributed by atoms with Crippen molar-refractivity contribution in [1.29, 1.82) is 0 Å². The third kappa shape index (κ3) is 4.50. The molecule has 2 aromatic carbocycles. The SMILES string of the molecule is CCCOc1ccc(C(N)COc2ccccc2C)cc1. The van der Waals surface area contributed by atoms with E-state index in [-0.39, 0.29) is 6.04 Å². The van der Waals surface area contributed by atoms with Gasteiger partial charge in [0.05, 0.1) is 12.6 Å². The number of hydrogen-bond acceptors (Lipinski definition) is 3. The first-order valence-electron chi connectivity index (χ1n) is 7.37. The number of para-hydroxylation sites is 1. The average molecular weight is 285 g/mol. The quantitative estimate of drug-likeness (QED) is 0.840. The maximum absolute atomic E-state index is 6.18. The monoisotopic (exact) mass is 285 g/mol. The van der Waals surface area contributed by atoms with E-state index in [0.29, 0.717) is 6.61 Å². The Bertz CT molecular complexity index is 551. The minimum absolute atomic E-state index is 0.148. The van der Waals surface area contributed by atoms with Crippen molar-refractivity contribution in [3.8, 4) is 11.5 Å². The first kappa shape index (κ1) is 15.4. The van der Waals surface area contributed by atoms with Gasteiger partial charge in [0, 0.05) is 0 Å². The zero-order chi connectivity index (χ0) is 15.1. The molecule has 0 radical (unpaired) electrons. The summed E-state index contributed by atoms with van der Waals surface area (Å²) in [5.41, 5.74) is 8.34. The Balaban J connectivity index is 1.91. The van der Waals surface area contributed by atoms with Crippen LogP contribution in [0.3, 0.4) is 0 Å². The molecule has 0 aliphatic carbocycles. The maximum atomic E-state index is 6.18. The molecule has 0 heterocycles. The molecule has 0 fully saturated rings. The lowest BCUT2D eigenvalue weighted by Crippen LogP contribution is -2.19. The Kier molecular flexibility index (Phi) is 5.64. The third-order valence-electron chi connectivity index (χ3n) is 3.29. The van der Waals surface area contributed by atoms with Gasteiger partial charge in [-0.2, -0.15) is 0 Å². The van der Waals surface area contributed by atoms with Gasteiger partial charge in [-0.15, -0.1) is 0 Å². The molecule has 1 atom stereocenters. The number of aryl methyl sites for hydroxylation is 1. The zero-order valence-electron chi connectivity index (χ0n) is 12.7. The van der Waals surface area contributed by atoms with Crippen molar-refractivity contribution in [2.45, 2.75) is 26.3 Å². The first-order valence-corrected chi connectivity index (χ1v) is 7.37. The van der Waals surface area contributed by atoms with E-state index >= 15 is 0 Å². The molecular formula is C18H23NO2. The average Bonchev–Trinajstić information content (AvgIpc) is 2.52. The Hall–Kier alpha value is -2.00. The summed E-state index contributed by atoms with van der Waals surface area (Å²) in [4.78, 5) is 0. The molecule has 112 valence electrons. The van der Waals surface area contributed by atoms with Crippen molar-refractivity contribution in [3.63, 3.8) is 0 Å². The van der Waals surface area contributed by atoms with Crippen molar-refractivity contribution in [1.82, 2.24) is 0 Å². The molecule has 0 spiro atoms. The maximum Gasteiger partial charge on any atom is 0.122 e. The molecule has 21 heavy (non-hydrogen) atoms. The first-order chi connectivity index (χ1) is 10.2. The van der Waals surface area contributed by atoms with Gasteiger partial charge < -0.3 is 15.2 Å². The second-order valence-corrected chi connectivity index (χ2v) is 5.10. The highest BCUT2D eigenvalue weighted by molar-refractivity contribution is 5.32. The van der Waals surface area contributed by atoms with E-state index in [1.54, 1.807) is 0 Å². The van der Waals surface area contributed by atoms with Crippen molar-refractivity contribution >= 4 is 0 Å². The molecule has 0 saturated carbocycles. The minimum Gasteiger partial charge on any atom is -0.494 e. The highest BCUT2D eigenvalue weighted by Crippen LogP contribution is 2.20. The minimum atomic E-state index is -0.148. The summed E-state index contributed by atoms with van der Waals surface area (Å²) in [5.74, 6) is 1.77. The van der Waals surface area contributed by atoms with E-state index in [4.69, 9.17) is 15.2 Å². The van der Waals surface area contributed by atoms with E-state index in [0.717, 1.165) is 35.7 Å². The second kappa shape index (κ2) is 7.70. The summed E-state index contributed by atoms with van der Waals surface area (Å²) in [5, 5.41) is 0. The second-order valence-electron chi connectivity index (χ2n) is 5.10. The fourth-order valence-corrected chi connectivity index (χ4v) is 2.03. The molecule has 3 heteroatoms. The molecule has 2 N–H and O–H groups in total. The van der Waals surface area contributed by atoms with E-state index in [1.807, 2.05) is 55.5 Å². The molecule has 0 amide bonds. The van der Waals surface area contributed by atoms with Crippen LogP contribution in [0.1, 0.15) is 30.5 Å². The Morgan fingerprint density at radius 2 is 1.71 bits per heavy atom. The van der Waals surface area contributed by atoms with Gasteiger partial charge in [-0.25, -0.2) is 0 Å². The summed E-state index contributed by atoms with van der Waals surface area (Å²) < 4.78 is 11.4. The molecule has 0 aliphatic heterocycles. The fraction of sp³-hybridized carbons (Fsp3) is 0.333. The fourth-order valence-electron chi connectivity index (χ4n) is 2.03. The van der Waals surface area contributed by atoms with Crippen molar-refractivity contribution in [2.75, 3.05) is 13.2 Å². The topological polar surface area (TPSA) is 44.5 Å². The van der Waals surface area contributed by atoms with Crippen molar-refractivity contribution in [3.05, 3.63) is 59.7 Å². The zero-order valence-corrected chi connectivity index (χ0v) is 12.7. The van der Waals surface area contributed by atoms with Crippen LogP contribution in [0.25, 0.3) is 0 Å². The molecule has 2 rings (SSSR count). The van der Waals surface area contributed by atoms with E-state index in [1.165, 1.54) is 0 Å². The summed E-state index contributed by atoms with van der Waals surface area (Å²) >= 11 is 0. The molecular weight excluding hydrogens is 262 g/mol. The number of ether oxygens (including phenoxy) is 2. The summed E-state index contributed by atoms with van der Waals surface area (Å²) in [7, 11) is 0. The molecule has 0 saturated heterocycles. The largest absolute Gasteiger partial charge is 0.494 e. The van der Waals surface area contributed by atoms with Gasteiger partial charge in [-0.05, 0) is 42.7 Å². The van der Waals surface area contributed by atoms with Crippen LogP contribution >= 0.6 is 0 Å². The number of benzene rings is 2. The van der Waals surface area contributed by atoms with E-state index in [9.17, 15) is 0 Å². The van der Waals surface area contributed by atoms with Crippen LogP contribution in [0.15, 0.2) is 48.5 Å². The van der Waals surface area contributed by atoms with Gasteiger partial charge in [0.15, 0.2) is 0 Å². The van der Waals surface area contributed by atoms with Crippen LogP contribution in [0.4, 0.5) is 0 Å². The van der Waals surface area contributed by atoms with Crippen LogP contribution in [0.2, 0.25) is 0 Å². The van der Waals surface area contributed by atoms with E-state index < -0.39 is 0 Å². The number of nitrogens with two attached hydrogens (primary N) is 1. The van der Waals surface area contributed by atoms with Gasteiger partial charge in [-0.1, -0.05) is 37.3 Å². The van der Waals surface area contributed by atoms with Gasteiger partial charge in [0.25, 0.3) is 0 Å². The van der Waals surface area contributed by atoms with E-state index in [2.05, 4.69) is 6.92 Å². The van der Waals surface area contributed by atoms with Crippen LogP contribution < -0.4 is 15.2 Å². The smallest absolute Gasteiger partial charge is 0.122 e. The number of hydrogen-bond donors (Lipinski definition) is 1. The standard InChI is InChI=1S/C18H23NO2/c1-3-12-20-16-10-8-15(9-11-16)17(19)13-21-18-7-5-4-6-14(18)2/h4-11,17H,3,12-13,19H2,1-2H3. The lowest BCUT2D eigenvalue weighted by molar-refractivity contribution is 0.288. The predicted molar refractivity (Wildman–Crippen MR) is 85.8 cm³/mol. The van der Waals surface area contributed by atoms with Crippen LogP contribution in [0.5, 0.6) is 11.5 Å². The predicted octanol–water partition coefficient (Wildman–Crippen LogP) is 3.86. The molecule has 3 nitrogen and oxygen atoms in total. The highest BCUT2D eigenvalue weighted by Gasteiger charge is 2.08. The van der Waals surface area contributed by atoms with Gasteiger partial charge in [-0.3, -0.25) is 0 Å². The lowest BCUT2D eigenvalue weighted by Gasteiger charge is -2.15.